The lowest BCUT2D eigenvalue weighted by molar-refractivity contribution is -0.111. The number of hydrogen-bond acceptors (Lipinski definition) is 10. The average Bonchev–Trinajstić information content (AvgIpc) is 3.34. The van der Waals surface area contributed by atoms with Crippen LogP contribution in [0.1, 0.15) is 32.3 Å². The van der Waals surface area contributed by atoms with Crippen LogP contribution >= 0.6 is 11.6 Å². The number of likely N-dealkylation sites (tertiary alicyclic amines) is 1. The number of anilines is 6. The number of likely N-dealkylation sites (N-methyl/N-ethyl adjacent to an activating group) is 2. The number of hydrogen-bond donors (Lipinski definition) is 4. The summed E-state index contributed by atoms with van der Waals surface area (Å²) >= 11 is 6.01. The largest absolute Gasteiger partial charge is 0.494 e. The van der Waals surface area contributed by atoms with E-state index in [2.05, 4.69) is 54.3 Å². The second-order valence-corrected chi connectivity index (χ2v) is 11.1. The molecule has 1 aliphatic rings. The lowest BCUT2D eigenvalue weighted by atomic mass is 9.96. The summed E-state index contributed by atoms with van der Waals surface area (Å²) in [5.74, 6) is -0.229. The molecule has 1 fully saturated rings. The van der Waals surface area contributed by atoms with Crippen LogP contribution in [0, 0.1) is 5.82 Å². The number of aliphatic hydroxyl groups is 1. The van der Waals surface area contributed by atoms with Crippen molar-refractivity contribution in [1.29, 1.82) is 0 Å². The first-order valence-electron chi connectivity index (χ1n) is 13.4. The molecule has 2 heterocycles. The number of nitrogens with one attached hydrogen (secondary N) is 3. The first kappa shape index (κ1) is 30.9. The average molecular weight is 599 g/mol. The van der Waals surface area contributed by atoms with Gasteiger partial charge in [0.2, 0.25) is 17.8 Å². The van der Waals surface area contributed by atoms with Gasteiger partial charge in [-0.15, -0.1) is 0 Å². The van der Waals surface area contributed by atoms with Crippen molar-refractivity contribution >= 4 is 52.2 Å². The Morgan fingerprint density at radius 3 is 2.52 bits per heavy atom. The summed E-state index contributed by atoms with van der Waals surface area (Å²) in [7, 11) is 5.65. The first-order valence-corrected chi connectivity index (χ1v) is 13.8. The van der Waals surface area contributed by atoms with Crippen molar-refractivity contribution in [2.45, 2.75) is 38.3 Å². The molecule has 1 saturated heterocycles. The van der Waals surface area contributed by atoms with Gasteiger partial charge in [-0.2, -0.15) is 4.98 Å². The van der Waals surface area contributed by atoms with E-state index in [9.17, 15) is 14.3 Å². The van der Waals surface area contributed by atoms with Crippen LogP contribution in [-0.2, 0) is 10.4 Å². The van der Waals surface area contributed by atoms with E-state index in [-0.39, 0.29) is 28.4 Å². The third-order valence-corrected chi connectivity index (χ3v) is 7.40. The van der Waals surface area contributed by atoms with Gasteiger partial charge in [-0.05, 0) is 64.6 Å². The van der Waals surface area contributed by atoms with E-state index in [0.717, 1.165) is 37.7 Å². The van der Waals surface area contributed by atoms with Gasteiger partial charge in [0, 0.05) is 37.0 Å². The zero-order valence-corrected chi connectivity index (χ0v) is 25.1. The van der Waals surface area contributed by atoms with Crippen LogP contribution in [-0.4, -0.2) is 71.2 Å². The fraction of sp³-hybridized carbons (Fsp3) is 0.379. The molecule has 11 nitrogen and oxygen atoms in total. The van der Waals surface area contributed by atoms with Gasteiger partial charge in [0.15, 0.2) is 0 Å². The van der Waals surface area contributed by atoms with Gasteiger partial charge in [0.05, 0.1) is 34.8 Å². The van der Waals surface area contributed by atoms with Gasteiger partial charge in [-0.1, -0.05) is 18.2 Å². The molecule has 1 atom stereocenters. The zero-order valence-electron chi connectivity index (χ0n) is 24.3. The topological polar surface area (TPSA) is 128 Å². The van der Waals surface area contributed by atoms with Crippen LogP contribution in [0.15, 0.2) is 43.2 Å². The molecule has 0 spiro atoms. The molecule has 1 aliphatic heterocycles. The second kappa shape index (κ2) is 12.9. The molecule has 4 N–H and O–H groups in total. The standard InChI is InChI=1S/C29H36ClFN8O3/c1-7-26(40)34-22-13-23(25(42-6)14-24(22)39(5)15-17-9-8-10-38(17)4)36-28-33-16-32-27(37-28)35-21-12-19(30)20(31)11-18(21)29(2,3)41/h7,11-14,16-17,41H,1,8-10,15H2,2-6H3,(H,34,40)(H2,32,33,35,36,37). The highest BCUT2D eigenvalue weighted by Gasteiger charge is 2.25. The number of nitrogens with zero attached hydrogens (tertiary/aromatic N) is 5. The molecule has 0 bridgehead atoms. The quantitative estimate of drug-likeness (QED) is 0.223. The Labute approximate surface area is 249 Å². The lowest BCUT2D eigenvalue weighted by Crippen LogP contribution is -2.37. The minimum absolute atomic E-state index is 0.122. The zero-order chi connectivity index (χ0) is 30.6. The SMILES string of the molecule is C=CC(=O)Nc1cc(Nc2ncnc(Nc3cc(Cl)c(F)cc3C(C)(C)O)n2)c(OC)cc1N(C)CC1CCCN1C. The molecule has 0 saturated carbocycles. The molecule has 1 unspecified atom stereocenters. The third-order valence-electron chi connectivity index (χ3n) is 7.11. The van der Waals surface area contributed by atoms with E-state index < -0.39 is 11.4 Å². The van der Waals surface area contributed by atoms with Crippen molar-refractivity contribution < 1.29 is 19.0 Å². The molecular weight excluding hydrogens is 563 g/mol. The van der Waals surface area contributed by atoms with Crippen molar-refractivity contribution in [1.82, 2.24) is 19.9 Å². The molecule has 13 heteroatoms. The van der Waals surface area contributed by atoms with Crippen LogP contribution in [0.2, 0.25) is 5.02 Å². The van der Waals surface area contributed by atoms with Crippen molar-refractivity contribution in [2.75, 3.05) is 55.1 Å². The maximum absolute atomic E-state index is 14.2. The maximum atomic E-state index is 14.2. The van der Waals surface area contributed by atoms with E-state index in [1.165, 1.54) is 32.3 Å². The molecule has 42 heavy (non-hydrogen) atoms. The van der Waals surface area contributed by atoms with Crippen molar-refractivity contribution in [3.63, 3.8) is 0 Å². The summed E-state index contributed by atoms with van der Waals surface area (Å²) in [4.78, 5) is 29.5. The minimum Gasteiger partial charge on any atom is -0.494 e. The molecule has 1 aromatic heterocycles. The summed E-state index contributed by atoms with van der Waals surface area (Å²) in [5, 5.41) is 19.4. The van der Waals surface area contributed by atoms with Gasteiger partial charge in [0.1, 0.15) is 17.9 Å². The van der Waals surface area contributed by atoms with Crippen molar-refractivity contribution in [3.8, 4) is 5.75 Å². The van der Waals surface area contributed by atoms with Gasteiger partial charge in [-0.25, -0.2) is 14.4 Å². The Morgan fingerprint density at radius 2 is 1.93 bits per heavy atom. The summed E-state index contributed by atoms with van der Waals surface area (Å²) in [6, 6.07) is 6.50. The third kappa shape index (κ3) is 7.25. The summed E-state index contributed by atoms with van der Waals surface area (Å²) in [6.07, 6.45) is 4.75. The second-order valence-electron chi connectivity index (χ2n) is 10.7. The fourth-order valence-electron chi connectivity index (χ4n) is 4.87. The van der Waals surface area contributed by atoms with Gasteiger partial charge >= 0.3 is 0 Å². The van der Waals surface area contributed by atoms with Crippen molar-refractivity contribution in [2.24, 2.45) is 0 Å². The first-order chi connectivity index (χ1) is 19.9. The Bertz CT molecular complexity index is 1470. The predicted octanol–water partition coefficient (Wildman–Crippen LogP) is 5.04. The van der Waals surface area contributed by atoms with E-state index in [1.54, 1.807) is 13.2 Å². The van der Waals surface area contributed by atoms with E-state index >= 15 is 0 Å². The molecule has 0 aliphatic carbocycles. The van der Waals surface area contributed by atoms with E-state index in [4.69, 9.17) is 16.3 Å². The molecule has 3 aromatic rings. The highest BCUT2D eigenvalue weighted by molar-refractivity contribution is 6.31. The number of aromatic nitrogens is 3. The van der Waals surface area contributed by atoms with E-state index in [0.29, 0.717) is 28.9 Å². The Morgan fingerprint density at radius 1 is 1.24 bits per heavy atom. The van der Waals surface area contributed by atoms with Gasteiger partial charge < -0.3 is 35.6 Å². The molecule has 224 valence electrons. The van der Waals surface area contributed by atoms with E-state index in [1.807, 2.05) is 13.1 Å². The number of rotatable bonds is 11. The molecule has 4 rings (SSSR count). The van der Waals surface area contributed by atoms with Crippen LogP contribution in [0.3, 0.4) is 0 Å². The number of methoxy groups -OCH3 is 1. The number of ether oxygens (including phenoxy) is 1. The van der Waals surface area contributed by atoms with Crippen LogP contribution in [0.5, 0.6) is 5.75 Å². The lowest BCUT2D eigenvalue weighted by Gasteiger charge is -2.29. The summed E-state index contributed by atoms with van der Waals surface area (Å²) in [5.41, 5.74) is 1.05. The maximum Gasteiger partial charge on any atom is 0.247 e. The monoisotopic (exact) mass is 598 g/mol. The number of carbonyl (C=O) groups is 1. The Kier molecular flexibility index (Phi) is 9.50. The minimum atomic E-state index is -1.37. The Hall–Kier alpha value is -4.00. The molecular formula is C29H36ClFN8O3. The molecule has 0 radical (unpaired) electrons. The number of halogens is 2. The molecule has 2 aromatic carbocycles. The predicted molar refractivity (Wildman–Crippen MR) is 164 cm³/mol. The number of benzene rings is 2. The van der Waals surface area contributed by atoms with Gasteiger partial charge in [0.25, 0.3) is 0 Å². The normalized spacial score (nSPS) is 15.3. The van der Waals surface area contributed by atoms with Crippen molar-refractivity contribution in [3.05, 3.63) is 59.7 Å². The van der Waals surface area contributed by atoms with Crippen LogP contribution < -0.4 is 25.6 Å². The van der Waals surface area contributed by atoms with Crippen LogP contribution in [0.4, 0.5) is 39.0 Å². The summed E-state index contributed by atoms with van der Waals surface area (Å²) in [6.45, 7) is 8.46. The number of amides is 1. The smallest absolute Gasteiger partial charge is 0.247 e. The fourth-order valence-corrected chi connectivity index (χ4v) is 5.04. The highest BCUT2D eigenvalue weighted by atomic mass is 35.5. The molecule has 1 amide bonds. The van der Waals surface area contributed by atoms with Gasteiger partial charge in [-0.3, -0.25) is 4.79 Å². The summed E-state index contributed by atoms with van der Waals surface area (Å²) < 4.78 is 19.9. The Balaban J connectivity index is 1.65. The van der Waals surface area contributed by atoms with Crippen LogP contribution in [0.25, 0.3) is 0 Å². The highest BCUT2D eigenvalue weighted by Crippen LogP contribution is 2.39. The number of carbonyl (C=O) groups excluding carboxylic acids is 1.